The van der Waals surface area contributed by atoms with Crippen molar-refractivity contribution in [3.63, 3.8) is 0 Å². The average molecular weight is 418 g/mol. The Morgan fingerprint density at radius 2 is 1.62 bits per heavy atom. The summed E-state index contributed by atoms with van der Waals surface area (Å²) in [7, 11) is 0. The van der Waals surface area contributed by atoms with Crippen molar-refractivity contribution in [2.45, 2.75) is 66.0 Å². The predicted octanol–water partition coefficient (Wildman–Crippen LogP) is 0.293. The monoisotopic (exact) mass is 417 g/mol. The van der Waals surface area contributed by atoms with Gasteiger partial charge in [0.25, 0.3) is 0 Å². The minimum absolute atomic E-state index is 0.179. The molecule has 0 spiro atoms. The van der Waals surface area contributed by atoms with Crippen LogP contribution in [0.2, 0.25) is 0 Å². The van der Waals surface area contributed by atoms with E-state index in [-0.39, 0.29) is 30.8 Å². The molecule has 10 nitrogen and oxygen atoms in total. The Kier molecular flexibility index (Phi) is 19.3. The van der Waals surface area contributed by atoms with E-state index in [2.05, 4.69) is 40.3 Å². The van der Waals surface area contributed by atoms with Crippen LogP contribution in [0.25, 0.3) is 0 Å². The highest BCUT2D eigenvalue weighted by Gasteiger charge is 2.20. The first kappa shape index (κ1) is 29.1. The van der Waals surface area contributed by atoms with Gasteiger partial charge in [-0.25, -0.2) is 0 Å². The first-order valence-corrected chi connectivity index (χ1v) is 10.1. The number of rotatable bonds is 14. The van der Waals surface area contributed by atoms with Gasteiger partial charge < -0.3 is 26.4 Å². The van der Waals surface area contributed by atoms with E-state index in [0.717, 1.165) is 12.8 Å². The SMILES string of the molecule is CC(C)CCCNC(=O)CNC(=O)C(CO)NC(=O)CCNC(C)C.CCN=O. The quantitative estimate of drug-likeness (QED) is 0.203. The van der Waals surface area contributed by atoms with Gasteiger partial charge in [0.1, 0.15) is 6.04 Å². The number of aliphatic hydroxyl groups is 1. The molecule has 0 heterocycles. The molecule has 10 heteroatoms. The highest BCUT2D eigenvalue weighted by atomic mass is 16.3. The van der Waals surface area contributed by atoms with Crippen LogP contribution >= 0.6 is 0 Å². The molecule has 0 fully saturated rings. The third kappa shape index (κ3) is 20.5. The van der Waals surface area contributed by atoms with Crippen LogP contribution in [0.5, 0.6) is 0 Å². The fourth-order valence-corrected chi connectivity index (χ4v) is 2.03. The van der Waals surface area contributed by atoms with Gasteiger partial charge in [0.15, 0.2) is 0 Å². The van der Waals surface area contributed by atoms with Gasteiger partial charge in [-0.2, -0.15) is 4.91 Å². The summed E-state index contributed by atoms with van der Waals surface area (Å²) in [6.45, 7) is 10.6. The molecule has 0 aliphatic rings. The van der Waals surface area contributed by atoms with Crippen molar-refractivity contribution in [1.29, 1.82) is 0 Å². The van der Waals surface area contributed by atoms with E-state index in [0.29, 0.717) is 25.6 Å². The highest BCUT2D eigenvalue weighted by molar-refractivity contribution is 5.90. The largest absolute Gasteiger partial charge is 0.394 e. The number of aliphatic hydroxyl groups excluding tert-OH is 1. The van der Waals surface area contributed by atoms with Crippen molar-refractivity contribution in [3.05, 3.63) is 4.91 Å². The topological polar surface area (TPSA) is 149 Å². The molecule has 0 saturated heterocycles. The van der Waals surface area contributed by atoms with E-state index >= 15 is 0 Å². The predicted molar refractivity (Wildman–Crippen MR) is 113 cm³/mol. The van der Waals surface area contributed by atoms with E-state index in [1.54, 1.807) is 6.92 Å². The Bertz CT molecular complexity index is 472. The highest BCUT2D eigenvalue weighted by Crippen LogP contribution is 2.01. The number of nitrogens with one attached hydrogen (secondary N) is 4. The molecule has 29 heavy (non-hydrogen) atoms. The average Bonchev–Trinajstić information content (AvgIpc) is 2.67. The second-order valence-electron chi connectivity index (χ2n) is 7.21. The second-order valence-corrected chi connectivity index (χ2v) is 7.21. The smallest absolute Gasteiger partial charge is 0.245 e. The number of nitroso groups, excluding NO2 is 1. The number of carbonyl (C=O) groups is 3. The van der Waals surface area contributed by atoms with Crippen molar-refractivity contribution in [1.82, 2.24) is 21.3 Å². The van der Waals surface area contributed by atoms with Gasteiger partial charge in [-0.1, -0.05) is 32.9 Å². The molecule has 0 saturated carbocycles. The van der Waals surface area contributed by atoms with E-state index in [4.69, 9.17) is 4.91 Å². The van der Waals surface area contributed by atoms with Crippen molar-refractivity contribution in [2.75, 3.05) is 32.8 Å². The van der Waals surface area contributed by atoms with E-state index < -0.39 is 18.6 Å². The molecule has 0 aliphatic heterocycles. The van der Waals surface area contributed by atoms with Crippen LogP contribution in [0.1, 0.15) is 53.9 Å². The van der Waals surface area contributed by atoms with Gasteiger partial charge in [0, 0.05) is 25.6 Å². The molecule has 0 aromatic rings. The summed E-state index contributed by atoms with van der Waals surface area (Å²) in [5.74, 6) is -0.618. The molecule has 0 aromatic heterocycles. The van der Waals surface area contributed by atoms with Crippen LogP contribution in [0, 0.1) is 10.8 Å². The number of amides is 3. The van der Waals surface area contributed by atoms with Crippen LogP contribution in [0.3, 0.4) is 0 Å². The number of hydrogen-bond acceptors (Lipinski definition) is 7. The third-order valence-corrected chi connectivity index (χ3v) is 3.57. The summed E-state index contributed by atoms with van der Waals surface area (Å²) in [5.41, 5.74) is 0. The molecule has 0 bridgehead atoms. The summed E-state index contributed by atoms with van der Waals surface area (Å²) in [6, 6.07) is -0.788. The van der Waals surface area contributed by atoms with Gasteiger partial charge in [-0.3, -0.25) is 14.4 Å². The Morgan fingerprint density at radius 3 is 2.10 bits per heavy atom. The zero-order valence-corrected chi connectivity index (χ0v) is 18.4. The molecular weight excluding hydrogens is 378 g/mol. The van der Waals surface area contributed by atoms with Gasteiger partial charge in [0.05, 0.1) is 19.7 Å². The van der Waals surface area contributed by atoms with Crippen molar-refractivity contribution >= 4 is 17.7 Å². The molecule has 1 atom stereocenters. The maximum Gasteiger partial charge on any atom is 0.245 e. The lowest BCUT2D eigenvalue weighted by Gasteiger charge is -2.16. The van der Waals surface area contributed by atoms with E-state index in [1.807, 2.05) is 13.8 Å². The normalized spacial score (nSPS) is 11.3. The van der Waals surface area contributed by atoms with Gasteiger partial charge >= 0.3 is 0 Å². The van der Waals surface area contributed by atoms with Crippen LogP contribution in [0.4, 0.5) is 0 Å². The molecule has 0 aromatic carbocycles. The minimum atomic E-state index is -1.06. The van der Waals surface area contributed by atoms with Gasteiger partial charge in [-0.05, 0) is 25.7 Å². The molecule has 0 rings (SSSR count). The van der Waals surface area contributed by atoms with E-state index in [9.17, 15) is 19.5 Å². The first-order chi connectivity index (χ1) is 13.7. The lowest BCUT2D eigenvalue weighted by atomic mass is 10.1. The summed E-state index contributed by atoms with van der Waals surface area (Å²) in [6.07, 6.45) is 2.12. The second kappa shape index (κ2) is 19.3. The first-order valence-electron chi connectivity index (χ1n) is 10.1. The molecule has 0 radical (unpaired) electrons. The lowest BCUT2D eigenvalue weighted by molar-refractivity contribution is -0.131. The van der Waals surface area contributed by atoms with Gasteiger partial charge in [0.2, 0.25) is 17.7 Å². The minimum Gasteiger partial charge on any atom is -0.394 e. The molecule has 170 valence electrons. The zero-order valence-electron chi connectivity index (χ0n) is 18.4. The van der Waals surface area contributed by atoms with Crippen molar-refractivity contribution in [2.24, 2.45) is 11.1 Å². The molecule has 3 amide bonds. The Morgan fingerprint density at radius 1 is 1.00 bits per heavy atom. The maximum absolute atomic E-state index is 11.9. The number of carbonyl (C=O) groups excluding carboxylic acids is 3. The molecular formula is C19H39N5O5. The van der Waals surface area contributed by atoms with Crippen LogP contribution < -0.4 is 21.3 Å². The fourth-order valence-electron chi connectivity index (χ4n) is 2.03. The number of hydrogen-bond donors (Lipinski definition) is 5. The summed E-state index contributed by atoms with van der Waals surface area (Å²) >= 11 is 0. The summed E-state index contributed by atoms with van der Waals surface area (Å²) in [4.78, 5) is 44.2. The summed E-state index contributed by atoms with van der Waals surface area (Å²) in [5, 5.41) is 22.4. The van der Waals surface area contributed by atoms with Crippen molar-refractivity contribution in [3.8, 4) is 0 Å². The van der Waals surface area contributed by atoms with Crippen LogP contribution in [-0.2, 0) is 14.4 Å². The Hall–Kier alpha value is -2.07. The molecule has 1 unspecified atom stereocenters. The zero-order chi connectivity index (χ0) is 22.7. The Labute approximate surface area is 173 Å². The lowest BCUT2D eigenvalue weighted by Crippen LogP contribution is -2.51. The molecule has 0 aliphatic carbocycles. The van der Waals surface area contributed by atoms with Crippen molar-refractivity contribution < 1.29 is 19.5 Å². The van der Waals surface area contributed by atoms with Crippen LogP contribution in [0.15, 0.2) is 5.18 Å². The van der Waals surface area contributed by atoms with Crippen LogP contribution in [-0.4, -0.2) is 67.7 Å². The van der Waals surface area contributed by atoms with E-state index in [1.165, 1.54) is 0 Å². The fraction of sp³-hybridized carbons (Fsp3) is 0.842. The third-order valence-electron chi connectivity index (χ3n) is 3.57. The Balaban J connectivity index is 0. The molecule has 5 N–H and O–H groups in total. The summed E-state index contributed by atoms with van der Waals surface area (Å²) < 4.78 is 0. The standard InChI is InChI=1S/C17H34N4O4.C2H5NO/c1-12(2)6-5-8-19-16(24)10-20-17(25)14(11-22)21-15(23)7-9-18-13(3)4;1-2-3-4/h12-14,18,22H,5-11H2,1-4H3,(H,19,24)(H,20,25)(H,21,23);2H2,1H3. The van der Waals surface area contributed by atoms with Gasteiger partial charge in [-0.15, -0.1) is 0 Å². The number of nitrogens with zero attached hydrogens (tertiary/aromatic N) is 1. The maximum atomic E-state index is 11.9.